The molecular weight excluding hydrogens is 238 g/mol. The predicted molar refractivity (Wildman–Crippen MR) is 76.9 cm³/mol. The number of hydrogen-bond acceptors (Lipinski definition) is 2. The Labute approximate surface area is 115 Å². The number of hydrogen-bond donors (Lipinski definition) is 1. The SMILES string of the molecule is CC1CN(C(N)=NCCC2C[C@@H]3C=C[C@H]2C3)CCO1. The molecule has 0 aromatic heterocycles. The van der Waals surface area contributed by atoms with E-state index in [0.29, 0.717) is 5.96 Å². The molecule has 3 aliphatic rings. The fraction of sp³-hybridized carbons (Fsp3) is 0.800. The minimum Gasteiger partial charge on any atom is -0.375 e. The highest BCUT2D eigenvalue weighted by atomic mass is 16.5. The number of fused-ring (bicyclic) bond motifs is 2. The molecule has 1 heterocycles. The van der Waals surface area contributed by atoms with Crippen molar-refractivity contribution in [2.75, 3.05) is 26.2 Å². The maximum atomic E-state index is 6.08. The van der Waals surface area contributed by atoms with Crippen molar-refractivity contribution in [3.05, 3.63) is 12.2 Å². The summed E-state index contributed by atoms with van der Waals surface area (Å²) >= 11 is 0. The van der Waals surface area contributed by atoms with E-state index in [9.17, 15) is 0 Å². The molecule has 1 saturated carbocycles. The lowest BCUT2D eigenvalue weighted by Crippen LogP contribution is -2.47. The van der Waals surface area contributed by atoms with Gasteiger partial charge >= 0.3 is 0 Å². The van der Waals surface area contributed by atoms with Crippen LogP contribution < -0.4 is 5.73 Å². The molecule has 0 amide bonds. The molecule has 2 N–H and O–H groups in total. The summed E-state index contributed by atoms with van der Waals surface area (Å²) in [5.41, 5.74) is 6.08. The number of rotatable bonds is 3. The highest BCUT2D eigenvalue weighted by Gasteiger charge is 2.34. The Kier molecular flexibility index (Phi) is 3.78. The molecule has 0 aromatic rings. The maximum Gasteiger partial charge on any atom is 0.191 e. The fourth-order valence-corrected chi connectivity index (χ4v) is 3.70. The van der Waals surface area contributed by atoms with Crippen LogP contribution in [0.3, 0.4) is 0 Å². The molecule has 4 heteroatoms. The van der Waals surface area contributed by atoms with Crippen molar-refractivity contribution in [2.45, 2.75) is 32.3 Å². The van der Waals surface area contributed by atoms with Gasteiger partial charge < -0.3 is 15.4 Å². The van der Waals surface area contributed by atoms with Crippen molar-refractivity contribution in [3.63, 3.8) is 0 Å². The molecule has 19 heavy (non-hydrogen) atoms. The quantitative estimate of drug-likeness (QED) is 0.478. The number of ether oxygens (including phenoxy) is 1. The fourth-order valence-electron chi connectivity index (χ4n) is 3.70. The summed E-state index contributed by atoms with van der Waals surface area (Å²) in [4.78, 5) is 6.72. The molecule has 2 aliphatic carbocycles. The summed E-state index contributed by atoms with van der Waals surface area (Å²) in [6.07, 6.45) is 9.00. The molecule has 1 aliphatic heterocycles. The van der Waals surface area contributed by atoms with Crippen LogP contribution in [0.5, 0.6) is 0 Å². The van der Waals surface area contributed by atoms with Crippen LogP contribution in [0.25, 0.3) is 0 Å². The molecule has 4 nitrogen and oxygen atoms in total. The van der Waals surface area contributed by atoms with Gasteiger partial charge in [0.1, 0.15) is 0 Å². The molecule has 2 fully saturated rings. The second-order valence-corrected chi connectivity index (χ2v) is 6.20. The van der Waals surface area contributed by atoms with E-state index in [0.717, 1.165) is 44.0 Å². The lowest BCUT2D eigenvalue weighted by atomic mass is 9.91. The first-order chi connectivity index (χ1) is 9.22. The topological polar surface area (TPSA) is 50.8 Å². The Balaban J connectivity index is 1.45. The van der Waals surface area contributed by atoms with Crippen LogP contribution in [0, 0.1) is 17.8 Å². The van der Waals surface area contributed by atoms with E-state index in [-0.39, 0.29) is 6.10 Å². The smallest absolute Gasteiger partial charge is 0.191 e. The monoisotopic (exact) mass is 263 g/mol. The van der Waals surface area contributed by atoms with Gasteiger partial charge in [-0.3, -0.25) is 4.99 Å². The second kappa shape index (κ2) is 5.53. The van der Waals surface area contributed by atoms with Crippen LogP contribution in [-0.2, 0) is 4.74 Å². The van der Waals surface area contributed by atoms with Gasteiger partial charge in [0.2, 0.25) is 0 Å². The molecule has 2 bridgehead atoms. The number of morpholine rings is 1. The van der Waals surface area contributed by atoms with Gasteiger partial charge in [0.05, 0.1) is 12.7 Å². The van der Waals surface area contributed by atoms with E-state index in [1.807, 2.05) is 0 Å². The van der Waals surface area contributed by atoms with Crippen LogP contribution in [0.1, 0.15) is 26.2 Å². The Hall–Kier alpha value is -1.03. The first-order valence-corrected chi connectivity index (χ1v) is 7.57. The molecule has 2 unspecified atom stereocenters. The van der Waals surface area contributed by atoms with Crippen molar-refractivity contribution < 1.29 is 4.74 Å². The molecule has 0 aromatic carbocycles. The zero-order valence-corrected chi connectivity index (χ0v) is 11.8. The van der Waals surface area contributed by atoms with Crippen molar-refractivity contribution in [2.24, 2.45) is 28.5 Å². The zero-order chi connectivity index (χ0) is 13.2. The van der Waals surface area contributed by atoms with Crippen molar-refractivity contribution >= 4 is 5.96 Å². The summed E-state index contributed by atoms with van der Waals surface area (Å²) in [5.74, 6) is 3.23. The standard InChI is InChI=1S/C15H25N3O/c1-11-10-18(6-7-19-11)15(16)17-5-4-14-9-12-2-3-13(14)8-12/h2-3,11-14H,4-10H2,1H3,(H2,16,17)/t11?,12-,13+,14?/m1/s1. The molecule has 0 spiro atoms. The van der Waals surface area contributed by atoms with Gasteiger partial charge in [-0.25, -0.2) is 0 Å². The van der Waals surface area contributed by atoms with E-state index in [4.69, 9.17) is 10.5 Å². The third-order valence-corrected chi connectivity index (χ3v) is 4.76. The number of nitrogens with zero attached hydrogens (tertiary/aromatic N) is 2. The molecule has 1 saturated heterocycles. The summed E-state index contributed by atoms with van der Waals surface area (Å²) < 4.78 is 5.52. The third kappa shape index (κ3) is 2.94. The molecular formula is C15H25N3O. The van der Waals surface area contributed by atoms with Gasteiger partial charge in [-0.1, -0.05) is 12.2 Å². The second-order valence-electron chi connectivity index (χ2n) is 6.20. The summed E-state index contributed by atoms with van der Waals surface area (Å²) in [5, 5.41) is 0. The highest BCUT2D eigenvalue weighted by molar-refractivity contribution is 5.78. The first-order valence-electron chi connectivity index (χ1n) is 7.57. The molecule has 106 valence electrons. The number of aliphatic imine (C=N–C) groups is 1. The summed E-state index contributed by atoms with van der Waals surface area (Å²) in [6, 6.07) is 0. The van der Waals surface area contributed by atoms with Crippen LogP contribution in [0.4, 0.5) is 0 Å². The van der Waals surface area contributed by atoms with Gasteiger partial charge in [-0.05, 0) is 43.9 Å². The van der Waals surface area contributed by atoms with Crippen LogP contribution in [0.15, 0.2) is 17.1 Å². The van der Waals surface area contributed by atoms with Crippen LogP contribution in [-0.4, -0.2) is 43.2 Å². The largest absolute Gasteiger partial charge is 0.375 e. The molecule has 3 rings (SSSR count). The van der Waals surface area contributed by atoms with E-state index >= 15 is 0 Å². The minimum atomic E-state index is 0.262. The van der Waals surface area contributed by atoms with Gasteiger partial charge in [0.15, 0.2) is 5.96 Å². The van der Waals surface area contributed by atoms with Crippen molar-refractivity contribution in [1.29, 1.82) is 0 Å². The average molecular weight is 263 g/mol. The number of guanidine groups is 1. The van der Waals surface area contributed by atoms with Crippen molar-refractivity contribution in [3.8, 4) is 0 Å². The highest BCUT2D eigenvalue weighted by Crippen LogP contribution is 2.44. The zero-order valence-electron chi connectivity index (χ0n) is 11.8. The molecule has 0 radical (unpaired) electrons. The first kappa shape index (κ1) is 13.0. The summed E-state index contributed by atoms with van der Waals surface area (Å²) in [6.45, 7) is 5.46. The van der Waals surface area contributed by atoms with Gasteiger partial charge in [-0.15, -0.1) is 0 Å². The average Bonchev–Trinajstić information content (AvgIpc) is 3.01. The van der Waals surface area contributed by atoms with E-state index in [2.05, 4.69) is 29.0 Å². The van der Waals surface area contributed by atoms with Gasteiger partial charge in [-0.2, -0.15) is 0 Å². The number of allylic oxidation sites excluding steroid dienone is 2. The lowest BCUT2D eigenvalue weighted by Gasteiger charge is -2.31. The number of nitrogens with two attached hydrogens (primary N) is 1. The van der Waals surface area contributed by atoms with E-state index < -0.39 is 0 Å². The van der Waals surface area contributed by atoms with E-state index in [1.54, 1.807) is 0 Å². The van der Waals surface area contributed by atoms with Crippen LogP contribution >= 0.6 is 0 Å². The van der Waals surface area contributed by atoms with Crippen molar-refractivity contribution in [1.82, 2.24) is 4.90 Å². The predicted octanol–water partition coefficient (Wildman–Crippen LogP) is 1.62. The van der Waals surface area contributed by atoms with Gasteiger partial charge in [0.25, 0.3) is 0 Å². The van der Waals surface area contributed by atoms with Gasteiger partial charge in [0, 0.05) is 19.6 Å². The Bertz CT molecular complexity index is 380. The Morgan fingerprint density at radius 2 is 2.32 bits per heavy atom. The minimum absolute atomic E-state index is 0.262. The Morgan fingerprint density at radius 1 is 1.42 bits per heavy atom. The lowest BCUT2D eigenvalue weighted by molar-refractivity contribution is 0.00529. The third-order valence-electron chi connectivity index (χ3n) is 4.76. The maximum absolute atomic E-state index is 6.08. The van der Waals surface area contributed by atoms with Crippen LogP contribution in [0.2, 0.25) is 0 Å². The molecule has 4 atom stereocenters. The van der Waals surface area contributed by atoms with E-state index in [1.165, 1.54) is 19.3 Å². The Morgan fingerprint density at radius 3 is 3.00 bits per heavy atom. The normalized spacial score (nSPS) is 38.2. The summed E-state index contributed by atoms with van der Waals surface area (Å²) in [7, 11) is 0.